The van der Waals surface area contributed by atoms with Crippen LogP contribution in [0, 0.1) is 0 Å². The highest BCUT2D eigenvalue weighted by atomic mass is 32.1. The first-order valence-corrected chi connectivity index (χ1v) is 3.70. The zero-order valence-corrected chi connectivity index (χ0v) is 7.49. The molecule has 6 heteroatoms. The van der Waals surface area contributed by atoms with E-state index in [1.54, 1.807) is 0 Å². The van der Waals surface area contributed by atoms with Gasteiger partial charge in [-0.25, -0.2) is 4.98 Å². The molecule has 0 fully saturated rings. The first kappa shape index (κ1) is 10.2. The average Bonchev–Trinajstić information content (AvgIpc) is 2.02. The van der Waals surface area contributed by atoms with Gasteiger partial charge in [-0.15, -0.1) is 12.6 Å². The largest absolute Gasteiger partial charge is 0.480 e. The Morgan fingerprint density at radius 2 is 2.08 bits per heavy atom. The lowest BCUT2D eigenvalue weighted by molar-refractivity contribution is -0.140. The summed E-state index contributed by atoms with van der Waals surface area (Å²) in [6.45, 7) is 0. The van der Waals surface area contributed by atoms with E-state index in [1.807, 2.05) is 0 Å². The molecule has 0 atom stereocenters. The molecule has 1 heterocycles. The molecule has 0 aliphatic carbocycles. The lowest BCUT2D eigenvalue weighted by atomic mass is 10.2. The van der Waals surface area contributed by atoms with Crippen molar-refractivity contribution < 1.29 is 17.9 Å². The highest BCUT2D eigenvalue weighted by Gasteiger charge is 2.34. The number of rotatable bonds is 1. The van der Waals surface area contributed by atoms with Crippen LogP contribution < -0.4 is 4.74 Å². The third-order valence-electron chi connectivity index (χ3n) is 1.39. The Balaban J connectivity index is 3.24. The predicted molar refractivity (Wildman–Crippen MR) is 43.0 cm³/mol. The smallest absolute Gasteiger partial charge is 0.417 e. The van der Waals surface area contributed by atoms with Crippen LogP contribution in [0.25, 0.3) is 0 Å². The van der Waals surface area contributed by atoms with E-state index in [0.717, 1.165) is 12.3 Å². The molecule has 2 nitrogen and oxygen atoms in total. The van der Waals surface area contributed by atoms with Crippen molar-refractivity contribution in [3.05, 3.63) is 17.8 Å². The van der Waals surface area contributed by atoms with Crippen LogP contribution in [0.4, 0.5) is 13.2 Å². The SMILES string of the molecule is COc1nccc(C(F)(F)F)c1S. The number of hydrogen-bond donors (Lipinski definition) is 1. The Hall–Kier alpha value is -0.910. The van der Waals surface area contributed by atoms with Crippen molar-refractivity contribution in [1.82, 2.24) is 4.98 Å². The molecular weight excluding hydrogens is 203 g/mol. The third kappa shape index (κ3) is 2.06. The van der Waals surface area contributed by atoms with Crippen LogP contribution in [0.2, 0.25) is 0 Å². The van der Waals surface area contributed by atoms with Gasteiger partial charge in [0.25, 0.3) is 0 Å². The highest BCUT2D eigenvalue weighted by Crippen LogP contribution is 2.36. The van der Waals surface area contributed by atoms with Gasteiger partial charge in [0.2, 0.25) is 5.88 Å². The fourth-order valence-electron chi connectivity index (χ4n) is 0.813. The molecule has 0 spiro atoms. The topological polar surface area (TPSA) is 22.1 Å². The van der Waals surface area contributed by atoms with Crippen molar-refractivity contribution in [2.75, 3.05) is 7.11 Å². The van der Waals surface area contributed by atoms with Crippen LogP contribution in [-0.4, -0.2) is 12.1 Å². The number of pyridine rings is 1. The van der Waals surface area contributed by atoms with Gasteiger partial charge in [0.1, 0.15) is 0 Å². The molecule has 0 amide bonds. The van der Waals surface area contributed by atoms with Gasteiger partial charge in [0, 0.05) is 6.20 Å². The standard InChI is InChI=1S/C7H6F3NOS/c1-12-6-5(13)4(2-3-11-6)7(8,9)10/h2-3,13H,1H3. The zero-order valence-electron chi connectivity index (χ0n) is 6.59. The Bertz CT molecular complexity index is 313. The summed E-state index contributed by atoms with van der Waals surface area (Å²) in [6.07, 6.45) is -3.39. The van der Waals surface area contributed by atoms with Crippen molar-refractivity contribution >= 4 is 12.6 Å². The molecule has 0 aromatic carbocycles. The van der Waals surface area contributed by atoms with Crippen LogP contribution in [0.15, 0.2) is 17.2 Å². The first-order chi connectivity index (χ1) is 5.96. The molecule has 72 valence electrons. The number of methoxy groups -OCH3 is 1. The maximum absolute atomic E-state index is 12.2. The summed E-state index contributed by atoms with van der Waals surface area (Å²) in [5, 5.41) is 0. The van der Waals surface area contributed by atoms with Gasteiger partial charge in [0.15, 0.2) is 0 Å². The first-order valence-electron chi connectivity index (χ1n) is 3.26. The van der Waals surface area contributed by atoms with Crippen LogP contribution in [0.3, 0.4) is 0 Å². The lowest BCUT2D eigenvalue weighted by Crippen LogP contribution is -2.07. The summed E-state index contributed by atoms with van der Waals surface area (Å²) in [5.74, 6) is -0.127. The molecule has 1 rings (SSSR count). The van der Waals surface area contributed by atoms with Crippen LogP contribution in [0.5, 0.6) is 5.88 Å². The minimum atomic E-state index is -4.42. The molecule has 13 heavy (non-hydrogen) atoms. The number of ether oxygens (including phenoxy) is 1. The Kier molecular flexibility index (Phi) is 2.70. The van der Waals surface area contributed by atoms with Gasteiger partial charge in [-0.05, 0) is 6.07 Å². The predicted octanol–water partition coefficient (Wildman–Crippen LogP) is 2.40. The Labute approximate surface area is 78.1 Å². The second-order valence-corrected chi connectivity index (χ2v) is 2.66. The fraction of sp³-hybridized carbons (Fsp3) is 0.286. The molecule has 0 N–H and O–H groups in total. The summed E-state index contributed by atoms with van der Waals surface area (Å²) < 4.78 is 41.3. The summed E-state index contributed by atoms with van der Waals surface area (Å²) in [4.78, 5) is 3.28. The van der Waals surface area contributed by atoms with E-state index in [1.165, 1.54) is 7.11 Å². The summed E-state index contributed by atoms with van der Waals surface area (Å²) in [7, 11) is 1.24. The maximum Gasteiger partial charge on any atom is 0.417 e. The van der Waals surface area contributed by atoms with Crippen LogP contribution >= 0.6 is 12.6 Å². The minimum Gasteiger partial charge on any atom is -0.480 e. The van der Waals surface area contributed by atoms with E-state index in [0.29, 0.717) is 0 Å². The molecule has 0 saturated carbocycles. The van der Waals surface area contributed by atoms with Crippen LogP contribution in [-0.2, 0) is 6.18 Å². The number of alkyl halides is 3. The quantitative estimate of drug-likeness (QED) is 0.717. The van der Waals surface area contributed by atoms with Gasteiger partial charge in [-0.1, -0.05) is 0 Å². The van der Waals surface area contributed by atoms with E-state index in [4.69, 9.17) is 0 Å². The third-order valence-corrected chi connectivity index (χ3v) is 1.82. The van der Waals surface area contributed by atoms with E-state index in [9.17, 15) is 13.2 Å². The summed E-state index contributed by atoms with van der Waals surface area (Å²) in [5.41, 5.74) is -0.845. The van der Waals surface area contributed by atoms with E-state index in [-0.39, 0.29) is 10.8 Å². The number of halogens is 3. The van der Waals surface area contributed by atoms with Crippen LogP contribution in [0.1, 0.15) is 5.56 Å². The van der Waals surface area contributed by atoms with Gasteiger partial charge >= 0.3 is 6.18 Å². The summed E-state index contributed by atoms with van der Waals surface area (Å²) in [6, 6.07) is 0.852. The lowest BCUT2D eigenvalue weighted by Gasteiger charge is -2.10. The maximum atomic E-state index is 12.2. The molecule has 0 bridgehead atoms. The average molecular weight is 209 g/mol. The Morgan fingerprint density at radius 3 is 2.54 bits per heavy atom. The molecule has 0 unspecified atom stereocenters. The number of aromatic nitrogens is 1. The molecule has 0 aliphatic heterocycles. The molecule has 0 saturated heterocycles. The van der Waals surface area contributed by atoms with Gasteiger partial charge in [-0.3, -0.25) is 0 Å². The van der Waals surface area contributed by atoms with Gasteiger partial charge in [-0.2, -0.15) is 13.2 Å². The Morgan fingerprint density at radius 1 is 1.46 bits per heavy atom. The van der Waals surface area contributed by atoms with Crippen molar-refractivity contribution in [1.29, 1.82) is 0 Å². The molecule has 1 aromatic rings. The monoisotopic (exact) mass is 209 g/mol. The second kappa shape index (κ2) is 3.45. The number of nitrogens with zero attached hydrogens (tertiary/aromatic N) is 1. The minimum absolute atomic E-state index is 0.127. The van der Waals surface area contributed by atoms with Crippen molar-refractivity contribution in [3.63, 3.8) is 0 Å². The molecule has 0 aliphatic rings. The van der Waals surface area contributed by atoms with E-state index >= 15 is 0 Å². The molecule has 0 radical (unpaired) electrons. The van der Waals surface area contributed by atoms with Crippen molar-refractivity contribution in [2.24, 2.45) is 0 Å². The number of thiol groups is 1. The highest BCUT2D eigenvalue weighted by molar-refractivity contribution is 7.80. The van der Waals surface area contributed by atoms with Crippen molar-refractivity contribution in [3.8, 4) is 5.88 Å². The van der Waals surface area contributed by atoms with Gasteiger partial charge in [0.05, 0.1) is 17.6 Å². The molecular formula is C7H6F3NOS. The second-order valence-electron chi connectivity index (χ2n) is 2.21. The fourth-order valence-corrected chi connectivity index (χ4v) is 1.16. The molecule has 1 aromatic heterocycles. The van der Waals surface area contributed by atoms with Gasteiger partial charge < -0.3 is 4.74 Å². The van der Waals surface area contributed by atoms with E-state index in [2.05, 4.69) is 22.3 Å². The normalized spacial score (nSPS) is 11.5. The van der Waals surface area contributed by atoms with Crippen molar-refractivity contribution in [2.45, 2.75) is 11.1 Å². The zero-order chi connectivity index (χ0) is 10.1. The summed E-state index contributed by atoms with van der Waals surface area (Å²) >= 11 is 3.68. The number of hydrogen-bond acceptors (Lipinski definition) is 3. The van der Waals surface area contributed by atoms with E-state index < -0.39 is 11.7 Å².